The molecule has 2 rings (SSSR count). The van der Waals surface area contributed by atoms with E-state index < -0.39 is 6.10 Å². The minimum atomic E-state index is -0.500. The molecule has 1 aliphatic carbocycles. The van der Waals surface area contributed by atoms with Crippen LogP contribution in [0.3, 0.4) is 0 Å². The van der Waals surface area contributed by atoms with E-state index in [-0.39, 0.29) is 11.2 Å². The Morgan fingerprint density at radius 2 is 1.89 bits per heavy atom. The highest BCUT2D eigenvalue weighted by atomic mass is 16.3. The lowest BCUT2D eigenvalue weighted by molar-refractivity contribution is 0.0828. The molecule has 0 saturated heterocycles. The summed E-state index contributed by atoms with van der Waals surface area (Å²) in [5.41, 5.74) is 0.748. The minimum absolute atomic E-state index is 0.0482. The maximum Gasteiger partial charge on any atom is 0.121 e. The average molecular weight is 248 g/mol. The molecular formula is C16H24O2. The van der Waals surface area contributed by atoms with Crippen LogP contribution in [-0.4, -0.2) is 10.2 Å². The Bertz CT molecular complexity index is 382. The molecule has 0 aromatic heterocycles. The zero-order chi connectivity index (χ0) is 13.0. The van der Waals surface area contributed by atoms with Crippen molar-refractivity contribution in [2.24, 2.45) is 5.41 Å². The van der Waals surface area contributed by atoms with Crippen molar-refractivity contribution in [2.45, 2.75) is 58.0 Å². The summed E-state index contributed by atoms with van der Waals surface area (Å²) < 4.78 is 0. The quantitative estimate of drug-likeness (QED) is 0.711. The largest absolute Gasteiger partial charge is 0.508 e. The molecule has 0 radical (unpaired) electrons. The molecule has 1 fully saturated rings. The van der Waals surface area contributed by atoms with E-state index in [1.807, 2.05) is 12.1 Å². The van der Waals surface area contributed by atoms with Crippen LogP contribution in [0.25, 0.3) is 0 Å². The predicted octanol–water partition coefficient (Wildman–Crippen LogP) is 4.18. The summed E-state index contributed by atoms with van der Waals surface area (Å²) in [5.74, 6) is 0.227. The van der Waals surface area contributed by atoms with E-state index in [1.54, 1.807) is 12.1 Å². The van der Waals surface area contributed by atoms with Gasteiger partial charge in [0.15, 0.2) is 0 Å². The normalized spacial score (nSPS) is 18.6. The zero-order valence-electron chi connectivity index (χ0n) is 11.2. The van der Waals surface area contributed by atoms with Crippen molar-refractivity contribution < 1.29 is 10.2 Å². The van der Waals surface area contributed by atoms with Gasteiger partial charge in [-0.3, -0.25) is 0 Å². The molecule has 0 heterocycles. The van der Waals surface area contributed by atoms with Crippen molar-refractivity contribution in [2.75, 3.05) is 0 Å². The van der Waals surface area contributed by atoms with Gasteiger partial charge in [0, 0.05) is 11.0 Å². The molecule has 0 aliphatic heterocycles. The first-order chi connectivity index (χ1) is 8.69. The number of aliphatic hydroxyl groups excluding tert-OH is 1. The van der Waals surface area contributed by atoms with Gasteiger partial charge in [-0.1, -0.05) is 50.8 Å². The minimum Gasteiger partial charge on any atom is -0.508 e. The summed E-state index contributed by atoms with van der Waals surface area (Å²) in [7, 11) is 0. The van der Waals surface area contributed by atoms with Gasteiger partial charge in [0.1, 0.15) is 5.75 Å². The van der Waals surface area contributed by atoms with Crippen LogP contribution in [-0.2, 0) is 0 Å². The molecule has 100 valence electrons. The number of benzene rings is 1. The molecule has 1 unspecified atom stereocenters. The summed E-state index contributed by atoms with van der Waals surface area (Å²) in [6.45, 7) is 2.21. The fourth-order valence-corrected chi connectivity index (χ4v) is 2.77. The molecule has 1 atom stereocenters. The summed E-state index contributed by atoms with van der Waals surface area (Å²) in [6, 6.07) is 7.18. The standard InChI is InChI=1S/C16H24O2/c1-2-3-4-7-10-16(11-12-16)15(18)13-8-5-6-9-14(13)17/h5-6,8-9,15,17-18H,2-4,7,10-12H2,1H3. The number of para-hydroxylation sites is 1. The van der Waals surface area contributed by atoms with E-state index in [1.165, 1.54) is 25.7 Å². The molecule has 1 aliphatic rings. The molecular weight excluding hydrogens is 224 g/mol. The molecule has 0 bridgehead atoms. The summed E-state index contributed by atoms with van der Waals surface area (Å²) in [5, 5.41) is 20.3. The Kier molecular flexibility index (Phi) is 4.28. The van der Waals surface area contributed by atoms with Gasteiger partial charge in [0.25, 0.3) is 0 Å². The highest BCUT2D eigenvalue weighted by Gasteiger charge is 2.49. The maximum absolute atomic E-state index is 10.5. The lowest BCUT2D eigenvalue weighted by Crippen LogP contribution is -2.14. The van der Waals surface area contributed by atoms with Crippen LogP contribution in [0.2, 0.25) is 0 Å². The number of hydrogen-bond acceptors (Lipinski definition) is 2. The topological polar surface area (TPSA) is 40.5 Å². The van der Waals surface area contributed by atoms with Gasteiger partial charge in [-0.2, -0.15) is 0 Å². The Hall–Kier alpha value is -1.02. The van der Waals surface area contributed by atoms with Gasteiger partial charge in [-0.05, 0) is 25.3 Å². The smallest absolute Gasteiger partial charge is 0.121 e. The van der Waals surface area contributed by atoms with Gasteiger partial charge >= 0.3 is 0 Å². The summed E-state index contributed by atoms with van der Waals surface area (Å²) in [4.78, 5) is 0. The van der Waals surface area contributed by atoms with E-state index in [4.69, 9.17) is 0 Å². The van der Waals surface area contributed by atoms with Crippen molar-refractivity contribution in [3.8, 4) is 5.75 Å². The molecule has 2 nitrogen and oxygen atoms in total. The lowest BCUT2D eigenvalue weighted by Gasteiger charge is -2.23. The average Bonchev–Trinajstić information content (AvgIpc) is 3.16. The van der Waals surface area contributed by atoms with Crippen LogP contribution in [0.5, 0.6) is 5.75 Å². The third-order valence-electron chi connectivity index (χ3n) is 4.23. The van der Waals surface area contributed by atoms with Gasteiger partial charge in [-0.15, -0.1) is 0 Å². The second-order valence-electron chi connectivity index (χ2n) is 5.63. The van der Waals surface area contributed by atoms with Crippen LogP contribution >= 0.6 is 0 Å². The van der Waals surface area contributed by atoms with Crippen molar-refractivity contribution in [1.82, 2.24) is 0 Å². The maximum atomic E-state index is 10.5. The molecule has 1 aromatic rings. The SMILES string of the molecule is CCCCCCC1(C(O)c2ccccc2O)CC1. The van der Waals surface area contributed by atoms with Crippen molar-refractivity contribution in [1.29, 1.82) is 0 Å². The highest BCUT2D eigenvalue weighted by Crippen LogP contribution is 2.59. The molecule has 2 N–H and O–H groups in total. The fraction of sp³-hybridized carbons (Fsp3) is 0.625. The first-order valence-corrected chi connectivity index (χ1v) is 7.15. The monoisotopic (exact) mass is 248 g/mol. The van der Waals surface area contributed by atoms with Gasteiger partial charge in [0.2, 0.25) is 0 Å². The number of aliphatic hydroxyl groups is 1. The number of aromatic hydroxyl groups is 1. The Morgan fingerprint density at radius 3 is 2.50 bits per heavy atom. The first kappa shape index (κ1) is 13.4. The number of hydrogen-bond donors (Lipinski definition) is 2. The van der Waals surface area contributed by atoms with Gasteiger partial charge < -0.3 is 10.2 Å². The predicted molar refractivity (Wildman–Crippen MR) is 73.5 cm³/mol. The molecule has 1 aromatic carbocycles. The second-order valence-corrected chi connectivity index (χ2v) is 5.63. The van der Waals surface area contributed by atoms with Crippen LogP contribution in [0, 0.1) is 5.41 Å². The summed E-state index contributed by atoms with van der Waals surface area (Å²) >= 11 is 0. The number of rotatable bonds is 7. The fourth-order valence-electron chi connectivity index (χ4n) is 2.77. The van der Waals surface area contributed by atoms with Gasteiger partial charge in [-0.25, -0.2) is 0 Å². The molecule has 18 heavy (non-hydrogen) atoms. The third-order valence-corrected chi connectivity index (χ3v) is 4.23. The van der Waals surface area contributed by atoms with E-state index in [2.05, 4.69) is 6.92 Å². The summed E-state index contributed by atoms with van der Waals surface area (Å²) in [6.07, 6.45) is 7.74. The van der Waals surface area contributed by atoms with E-state index >= 15 is 0 Å². The van der Waals surface area contributed by atoms with E-state index in [0.717, 1.165) is 19.3 Å². The van der Waals surface area contributed by atoms with Crippen LogP contribution < -0.4 is 0 Å². The van der Waals surface area contributed by atoms with E-state index in [9.17, 15) is 10.2 Å². The molecule has 0 spiro atoms. The Labute approximate surface area is 110 Å². The van der Waals surface area contributed by atoms with Crippen LogP contribution in [0.1, 0.15) is 63.5 Å². The molecule has 0 amide bonds. The Morgan fingerprint density at radius 1 is 1.17 bits per heavy atom. The first-order valence-electron chi connectivity index (χ1n) is 7.15. The van der Waals surface area contributed by atoms with Crippen LogP contribution in [0.4, 0.5) is 0 Å². The number of phenolic OH excluding ortho intramolecular Hbond substituents is 1. The zero-order valence-corrected chi connectivity index (χ0v) is 11.2. The van der Waals surface area contributed by atoms with Crippen molar-refractivity contribution in [3.63, 3.8) is 0 Å². The number of phenols is 1. The van der Waals surface area contributed by atoms with E-state index in [0.29, 0.717) is 5.56 Å². The van der Waals surface area contributed by atoms with Crippen molar-refractivity contribution >= 4 is 0 Å². The molecule has 1 saturated carbocycles. The molecule has 2 heteroatoms. The lowest BCUT2D eigenvalue weighted by atomic mass is 9.87. The van der Waals surface area contributed by atoms with Gasteiger partial charge in [0.05, 0.1) is 6.10 Å². The Balaban J connectivity index is 1.96. The second kappa shape index (κ2) is 5.75. The van der Waals surface area contributed by atoms with Crippen molar-refractivity contribution in [3.05, 3.63) is 29.8 Å². The van der Waals surface area contributed by atoms with Crippen LogP contribution in [0.15, 0.2) is 24.3 Å². The highest BCUT2D eigenvalue weighted by molar-refractivity contribution is 5.35. The third kappa shape index (κ3) is 2.86. The number of unbranched alkanes of at least 4 members (excludes halogenated alkanes) is 3.